The summed E-state index contributed by atoms with van der Waals surface area (Å²) < 4.78 is 0. The van der Waals surface area contributed by atoms with E-state index in [2.05, 4.69) is 10.9 Å². The highest BCUT2D eigenvalue weighted by Crippen LogP contribution is 2.55. The predicted octanol–water partition coefficient (Wildman–Crippen LogP) is -0.591. The second kappa shape index (κ2) is 4.03. The number of hydrogen-bond donors (Lipinski definition) is 4. The summed E-state index contributed by atoms with van der Waals surface area (Å²) in [4.78, 5) is 23.4. The molecule has 6 nitrogen and oxygen atoms in total. The third kappa shape index (κ3) is 1.58. The monoisotopic (exact) mass is 228 g/mol. The normalized spacial score (nSPS) is 32.2. The SMILES string of the molecule is CC1(C(=O)NN)CCC(C(=O)NN)C1(C)C. The molecule has 1 fully saturated rings. The molecule has 1 rings (SSSR count). The maximum Gasteiger partial charge on any atom is 0.240 e. The van der Waals surface area contributed by atoms with E-state index < -0.39 is 10.8 Å². The number of rotatable bonds is 2. The van der Waals surface area contributed by atoms with Crippen LogP contribution in [-0.4, -0.2) is 11.8 Å². The minimum absolute atomic E-state index is 0.224. The van der Waals surface area contributed by atoms with Crippen molar-refractivity contribution in [1.82, 2.24) is 10.9 Å². The van der Waals surface area contributed by atoms with E-state index in [1.807, 2.05) is 20.8 Å². The van der Waals surface area contributed by atoms with Crippen LogP contribution < -0.4 is 22.5 Å². The molecule has 6 N–H and O–H groups in total. The molecule has 0 aromatic carbocycles. The van der Waals surface area contributed by atoms with Crippen LogP contribution in [0.15, 0.2) is 0 Å². The van der Waals surface area contributed by atoms with E-state index in [0.29, 0.717) is 12.8 Å². The fourth-order valence-electron chi connectivity index (χ4n) is 2.63. The molecule has 0 heterocycles. The summed E-state index contributed by atoms with van der Waals surface area (Å²) in [6.07, 6.45) is 1.26. The number of nitrogens with one attached hydrogen (secondary N) is 2. The van der Waals surface area contributed by atoms with Gasteiger partial charge in [0.05, 0.1) is 5.41 Å². The lowest BCUT2D eigenvalue weighted by Crippen LogP contribution is -2.51. The minimum atomic E-state index is -0.640. The van der Waals surface area contributed by atoms with E-state index in [9.17, 15) is 9.59 Å². The van der Waals surface area contributed by atoms with E-state index in [1.165, 1.54) is 0 Å². The zero-order chi connectivity index (χ0) is 12.6. The first-order valence-electron chi connectivity index (χ1n) is 5.32. The zero-order valence-electron chi connectivity index (χ0n) is 9.96. The van der Waals surface area contributed by atoms with Crippen LogP contribution in [0.25, 0.3) is 0 Å². The smallest absolute Gasteiger partial charge is 0.240 e. The number of hydrazine groups is 2. The van der Waals surface area contributed by atoms with Crippen molar-refractivity contribution >= 4 is 11.8 Å². The molecule has 2 atom stereocenters. The average Bonchev–Trinajstić information content (AvgIpc) is 2.49. The Balaban J connectivity index is 3.03. The molecule has 0 saturated heterocycles. The molecule has 1 aliphatic carbocycles. The summed E-state index contributed by atoms with van der Waals surface area (Å²) in [5, 5.41) is 0. The molecule has 1 aliphatic rings. The Bertz CT molecular complexity index is 316. The van der Waals surface area contributed by atoms with Gasteiger partial charge in [-0.25, -0.2) is 11.7 Å². The van der Waals surface area contributed by atoms with Gasteiger partial charge >= 0.3 is 0 Å². The molecule has 16 heavy (non-hydrogen) atoms. The second-order valence-electron chi connectivity index (χ2n) is 5.13. The molecule has 92 valence electrons. The van der Waals surface area contributed by atoms with Crippen LogP contribution in [-0.2, 0) is 9.59 Å². The third-order valence-corrected chi connectivity index (χ3v) is 4.32. The lowest BCUT2D eigenvalue weighted by Gasteiger charge is -2.39. The topological polar surface area (TPSA) is 110 Å². The summed E-state index contributed by atoms with van der Waals surface area (Å²) in [5.41, 5.74) is 3.22. The highest BCUT2D eigenvalue weighted by Gasteiger charge is 2.57. The fraction of sp³-hybridized carbons (Fsp3) is 0.800. The fourth-order valence-corrected chi connectivity index (χ4v) is 2.63. The molecule has 0 bridgehead atoms. The average molecular weight is 228 g/mol. The summed E-state index contributed by atoms with van der Waals surface area (Å²) in [6.45, 7) is 5.63. The first-order chi connectivity index (χ1) is 7.31. The molecular formula is C10H20N4O2. The lowest BCUT2D eigenvalue weighted by atomic mass is 9.65. The maximum atomic E-state index is 11.8. The standard InChI is InChI=1S/C10H20N4O2/c1-9(2)6(7(15)13-11)4-5-10(9,3)8(16)14-12/h6H,4-5,11-12H2,1-3H3,(H,13,15)(H,14,16). The third-order valence-electron chi connectivity index (χ3n) is 4.32. The minimum Gasteiger partial charge on any atom is -0.294 e. The Morgan fingerprint density at radius 3 is 2.19 bits per heavy atom. The van der Waals surface area contributed by atoms with Gasteiger partial charge < -0.3 is 0 Å². The van der Waals surface area contributed by atoms with E-state index in [-0.39, 0.29) is 17.7 Å². The number of hydrogen-bond acceptors (Lipinski definition) is 4. The van der Waals surface area contributed by atoms with Gasteiger partial charge in [-0.1, -0.05) is 20.8 Å². The highest BCUT2D eigenvalue weighted by molar-refractivity contribution is 5.86. The van der Waals surface area contributed by atoms with Crippen molar-refractivity contribution in [3.8, 4) is 0 Å². The van der Waals surface area contributed by atoms with Crippen molar-refractivity contribution < 1.29 is 9.59 Å². The molecule has 0 aromatic heterocycles. The quantitative estimate of drug-likeness (QED) is 0.287. The summed E-state index contributed by atoms with van der Waals surface area (Å²) in [6, 6.07) is 0. The van der Waals surface area contributed by atoms with Crippen LogP contribution in [0.2, 0.25) is 0 Å². The zero-order valence-corrected chi connectivity index (χ0v) is 9.96. The van der Waals surface area contributed by atoms with Crippen LogP contribution in [0.5, 0.6) is 0 Å². The molecule has 0 radical (unpaired) electrons. The summed E-state index contributed by atoms with van der Waals surface area (Å²) >= 11 is 0. The molecule has 2 amide bonds. The van der Waals surface area contributed by atoms with Gasteiger partial charge in [0.2, 0.25) is 11.8 Å². The number of carbonyl (C=O) groups is 2. The van der Waals surface area contributed by atoms with Gasteiger partial charge in [-0.05, 0) is 18.3 Å². The Morgan fingerprint density at radius 2 is 1.75 bits per heavy atom. The number of amides is 2. The summed E-state index contributed by atoms with van der Waals surface area (Å²) in [5.74, 6) is 9.61. The number of nitrogens with two attached hydrogens (primary N) is 2. The Morgan fingerprint density at radius 1 is 1.19 bits per heavy atom. The largest absolute Gasteiger partial charge is 0.294 e. The van der Waals surface area contributed by atoms with E-state index in [0.717, 1.165) is 0 Å². The van der Waals surface area contributed by atoms with Crippen LogP contribution in [0.3, 0.4) is 0 Å². The Hall–Kier alpha value is -1.14. The molecule has 0 aliphatic heterocycles. The summed E-state index contributed by atoms with van der Waals surface area (Å²) in [7, 11) is 0. The Kier molecular flexibility index (Phi) is 3.25. The van der Waals surface area contributed by atoms with Crippen molar-refractivity contribution in [2.45, 2.75) is 33.6 Å². The molecule has 2 unspecified atom stereocenters. The van der Waals surface area contributed by atoms with Gasteiger partial charge in [-0.15, -0.1) is 0 Å². The van der Waals surface area contributed by atoms with E-state index in [1.54, 1.807) is 0 Å². The molecule has 1 saturated carbocycles. The van der Waals surface area contributed by atoms with Crippen LogP contribution in [0.1, 0.15) is 33.6 Å². The molecule has 0 aromatic rings. The number of carbonyl (C=O) groups excluding carboxylic acids is 2. The van der Waals surface area contributed by atoms with Crippen molar-refractivity contribution in [2.24, 2.45) is 28.4 Å². The van der Waals surface area contributed by atoms with Crippen molar-refractivity contribution in [2.75, 3.05) is 0 Å². The first-order valence-corrected chi connectivity index (χ1v) is 5.32. The van der Waals surface area contributed by atoms with Crippen molar-refractivity contribution in [3.05, 3.63) is 0 Å². The van der Waals surface area contributed by atoms with Gasteiger partial charge in [-0.2, -0.15) is 0 Å². The van der Waals surface area contributed by atoms with E-state index >= 15 is 0 Å². The first kappa shape index (κ1) is 12.9. The molecular weight excluding hydrogens is 208 g/mol. The van der Waals surface area contributed by atoms with Crippen molar-refractivity contribution in [3.63, 3.8) is 0 Å². The second-order valence-corrected chi connectivity index (χ2v) is 5.13. The van der Waals surface area contributed by atoms with Crippen LogP contribution in [0, 0.1) is 16.7 Å². The molecule has 6 heteroatoms. The van der Waals surface area contributed by atoms with Gasteiger partial charge in [0.1, 0.15) is 0 Å². The van der Waals surface area contributed by atoms with Gasteiger partial charge in [0, 0.05) is 5.92 Å². The van der Waals surface area contributed by atoms with Crippen LogP contribution in [0.4, 0.5) is 0 Å². The van der Waals surface area contributed by atoms with Crippen LogP contribution >= 0.6 is 0 Å². The van der Waals surface area contributed by atoms with Gasteiger partial charge in [-0.3, -0.25) is 20.4 Å². The maximum absolute atomic E-state index is 11.8. The van der Waals surface area contributed by atoms with E-state index in [4.69, 9.17) is 11.7 Å². The molecule has 0 spiro atoms. The highest BCUT2D eigenvalue weighted by atomic mass is 16.2. The van der Waals surface area contributed by atoms with Gasteiger partial charge in [0.15, 0.2) is 0 Å². The van der Waals surface area contributed by atoms with Gasteiger partial charge in [0.25, 0.3) is 0 Å². The predicted molar refractivity (Wildman–Crippen MR) is 59.3 cm³/mol. The lowest BCUT2D eigenvalue weighted by molar-refractivity contribution is -0.139. The van der Waals surface area contributed by atoms with Crippen molar-refractivity contribution in [1.29, 1.82) is 0 Å². The Labute approximate surface area is 95.1 Å².